The average Bonchev–Trinajstić information content (AvgIpc) is 3.10. The van der Waals surface area contributed by atoms with Gasteiger partial charge in [0.1, 0.15) is 5.82 Å². The predicted molar refractivity (Wildman–Crippen MR) is 106 cm³/mol. The van der Waals surface area contributed by atoms with E-state index in [0.717, 1.165) is 11.5 Å². The zero-order valence-electron chi connectivity index (χ0n) is 16.0. The maximum absolute atomic E-state index is 12.5. The molecule has 28 heavy (non-hydrogen) atoms. The number of hydrogen-bond donors (Lipinski definition) is 1. The fraction of sp³-hybridized carbons (Fsp3) is 0.316. The molecule has 148 valence electrons. The number of carbonyl (C=O) groups excluding carboxylic acids is 1. The Hall–Kier alpha value is -2.78. The number of fused-ring (bicyclic) bond motifs is 1. The molecule has 0 fully saturated rings. The second kappa shape index (κ2) is 8.07. The second-order valence-corrected chi connectivity index (χ2v) is 8.69. The highest BCUT2D eigenvalue weighted by Crippen LogP contribution is 2.17. The molecular formula is C19H23N5O3S. The van der Waals surface area contributed by atoms with Gasteiger partial charge in [-0.05, 0) is 50.2 Å². The smallest absolute Gasteiger partial charge is 0.251 e. The van der Waals surface area contributed by atoms with Crippen LogP contribution >= 0.6 is 0 Å². The zero-order chi connectivity index (χ0) is 20.3. The van der Waals surface area contributed by atoms with Crippen molar-refractivity contribution in [1.82, 2.24) is 24.2 Å². The van der Waals surface area contributed by atoms with Gasteiger partial charge in [-0.3, -0.25) is 9.20 Å². The molecule has 0 atom stereocenters. The van der Waals surface area contributed by atoms with Gasteiger partial charge in [-0.1, -0.05) is 6.07 Å². The van der Waals surface area contributed by atoms with E-state index in [4.69, 9.17) is 0 Å². The Morgan fingerprint density at radius 2 is 1.86 bits per heavy atom. The van der Waals surface area contributed by atoms with Crippen LogP contribution in [0.25, 0.3) is 5.65 Å². The van der Waals surface area contributed by atoms with Crippen molar-refractivity contribution in [2.75, 3.05) is 13.6 Å². The first-order valence-corrected chi connectivity index (χ1v) is 10.4. The van der Waals surface area contributed by atoms with E-state index in [1.165, 1.54) is 35.6 Å². The maximum atomic E-state index is 12.5. The van der Waals surface area contributed by atoms with Crippen LogP contribution in [-0.2, 0) is 16.4 Å². The Morgan fingerprint density at radius 3 is 2.54 bits per heavy atom. The first-order valence-electron chi connectivity index (χ1n) is 8.95. The van der Waals surface area contributed by atoms with Crippen molar-refractivity contribution < 1.29 is 13.2 Å². The molecule has 8 nitrogen and oxygen atoms in total. The van der Waals surface area contributed by atoms with Crippen molar-refractivity contribution in [1.29, 1.82) is 0 Å². The number of sulfonamides is 1. The molecule has 1 amide bonds. The first kappa shape index (κ1) is 20.0. The number of aromatic nitrogens is 3. The number of nitrogens with one attached hydrogen (secondary N) is 1. The molecule has 0 saturated carbocycles. The van der Waals surface area contributed by atoms with Gasteiger partial charge in [0.2, 0.25) is 10.0 Å². The quantitative estimate of drug-likeness (QED) is 0.650. The van der Waals surface area contributed by atoms with E-state index < -0.39 is 10.0 Å². The van der Waals surface area contributed by atoms with Crippen LogP contribution in [0.5, 0.6) is 0 Å². The highest BCUT2D eigenvalue weighted by molar-refractivity contribution is 7.89. The van der Waals surface area contributed by atoms with Crippen LogP contribution in [0.3, 0.4) is 0 Å². The van der Waals surface area contributed by atoms with Crippen molar-refractivity contribution in [3.05, 3.63) is 60.0 Å². The molecule has 0 bridgehead atoms. The molecule has 0 aliphatic rings. The Labute approximate surface area is 164 Å². The van der Waals surface area contributed by atoms with E-state index in [9.17, 15) is 13.2 Å². The molecule has 2 heterocycles. The summed E-state index contributed by atoms with van der Waals surface area (Å²) in [4.78, 5) is 12.5. The largest absolute Gasteiger partial charge is 0.352 e. The zero-order valence-corrected chi connectivity index (χ0v) is 16.8. The van der Waals surface area contributed by atoms with E-state index in [-0.39, 0.29) is 16.8 Å². The Bertz CT molecular complexity index is 1070. The molecule has 1 N–H and O–H groups in total. The fourth-order valence-electron chi connectivity index (χ4n) is 2.67. The monoisotopic (exact) mass is 401 g/mol. The summed E-state index contributed by atoms with van der Waals surface area (Å²) in [5, 5.41) is 11.0. The van der Waals surface area contributed by atoms with Crippen LogP contribution in [0.4, 0.5) is 0 Å². The summed E-state index contributed by atoms with van der Waals surface area (Å²) < 4.78 is 28.1. The highest BCUT2D eigenvalue weighted by atomic mass is 32.2. The van der Waals surface area contributed by atoms with Crippen LogP contribution in [0.2, 0.25) is 0 Å². The van der Waals surface area contributed by atoms with Gasteiger partial charge in [-0.25, -0.2) is 8.42 Å². The number of pyridine rings is 1. The number of benzene rings is 1. The SMILES string of the molecule is CC(C)N(C)S(=O)(=O)c1ccc(C(=O)NCCc2nnc3ccccn23)cc1. The molecule has 0 unspecified atom stereocenters. The molecule has 9 heteroatoms. The third-order valence-electron chi connectivity index (χ3n) is 4.54. The lowest BCUT2D eigenvalue weighted by atomic mass is 10.2. The minimum Gasteiger partial charge on any atom is -0.352 e. The molecule has 0 aliphatic carbocycles. The van der Waals surface area contributed by atoms with E-state index in [1.54, 1.807) is 13.8 Å². The Morgan fingerprint density at radius 1 is 1.14 bits per heavy atom. The van der Waals surface area contributed by atoms with Gasteiger partial charge in [0.05, 0.1) is 4.90 Å². The normalized spacial score (nSPS) is 12.0. The molecule has 0 saturated heterocycles. The van der Waals surface area contributed by atoms with Crippen molar-refractivity contribution in [2.24, 2.45) is 0 Å². The molecule has 0 spiro atoms. The van der Waals surface area contributed by atoms with Gasteiger partial charge in [0.25, 0.3) is 5.91 Å². The number of rotatable bonds is 7. The molecule has 3 aromatic rings. The summed E-state index contributed by atoms with van der Waals surface area (Å²) in [6.45, 7) is 4.00. The molecule has 0 radical (unpaired) electrons. The third kappa shape index (κ3) is 4.05. The van der Waals surface area contributed by atoms with E-state index in [0.29, 0.717) is 18.5 Å². The van der Waals surface area contributed by atoms with Gasteiger partial charge < -0.3 is 5.32 Å². The summed E-state index contributed by atoms with van der Waals surface area (Å²) in [6, 6.07) is 11.4. The van der Waals surface area contributed by atoms with Gasteiger partial charge in [0, 0.05) is 37.8 Å². The van der Waals surface area contributed by atoms with Gasteiger partial charge in [-0.2, -0.15) is 4.31 Å². The van der Waals surface area contributed by atoms with Crippen LogP contribution in [0.1, 0.15) is 30.0 Å². The first-order chi connectivity index (χ1) is 13.3. The van der Waals surface area contributed by atoms with Gasteiger partial charge >= 0.3 is 0 Å². The van der Waals surface area contributed by atoms with E-state index >= 15 is 0 Å². The fourth-order valence-corrected chi connectivity index (χ4v) is 4.04. The molecule has 0 aliphatic heterocycles. The molecule has 2 aromatic heterocycles. The second-order valence-electron chi connectivity index (χ2n) is 6.69. The lowest BCUT2D eigenvalue weighted by Crippen LogP contribution is -2.33. The Balaban J connectivity index is 1.62. The summed E-state index contributed by atoms with van der Waals surface area (Å²) >= 11 is 0. The van der Waals surface area contributed by atoms with Crippen molar-refractivity contribution in [3.8, 4) is 0 Å². The summed E-state index contributed by atoms with van der Waals surface area (Å²) in [6.07, 6.45) is 2.41. The lowest BCUT2D eigenvalue weighted by molar-refractivity contribution is 0.0954. The molecule has 3 rings (SSSR count). The number of hydrogen-bond acceptors (Lipinski definition) is 5. The lowest BCUT2D eigenvalue weighted by Gasteiger charge is -2.21. The van der Waals surface area contributed by atoms with Crippen molar-refractivity contribution in [2.45, 2.75) is 31.2 Å². The topological polar surface area (TPSA) is 96.7 Å². The molecular weight excluding hydrogens is 378 g/mol. The van der Waals surface area contributed by atoms with E-state index in [2.05, 4.69) is 15.5 Å². The van der Waals surface area contributed by atoms with Gasteiger partial charge in [-0.15, -0.1) is 10.2 Å². The standard InChI is InChI=1S/C19H23N5O3S/c1-14(2)23(3)28(26,27)16-9-7-15(8-10-16)19(25)20-12-11-18-22-21-17-6-4-5-13-24(17)18/h4-10,13-14H,11-12H2,1-3H3,(H,20,25). The van der Waals surface area contributed by atoms with Crippen molar-refractivity contribution in [3.63, 3.8) is 0 Å². The van der Waals surface area contributed by atoms with Crippen LogP contribution in [-0.4, -0.2) is 52.9 Å². The Kier molecular flexibility index (Phi) is 5.76. The van der Waals surface area contributed by atoms with Gasteiger partial charge in [0.15, 0.2) is 5.65 Å². The van der Waals surface area contributed by atoms with Crippen LogP contribution in [0, 0.1) is 0 Å². The average molecular weight is 401 g/mol. The summed E-state index contributed by atoms with van der Waals surface area (Å²) in [5.74, 6) is 0.490. The minimum atomic E-state index is -3.56. The van der Waals surface area contributed by atoms with Crippen molar-refractivity contribution >= 4 is 21.6 Å². The summed E-state index contributed by atoms with van der Waals surface area (Å²) in [5.41, 5.74) is 1.16. The third-order valence-corrected chi connectivity index (χ3v) is 6.59. The highest BCUT2D eigenvalue weighted by Gasteiger charge is 2.23. The minimum absolute atomic E-state index is 0.152. The van der Waals surface area contributed by atoms with E-state index in [1.807, 2.05) is 28.8 Å². The molecule has 1 aromatic carbocycles. The van der Waals surface area contributed by atoms with Crippen LogP contribution < -0.4 is 5.32 Å². The number of carbonyl (C=O) groups is 1. The van der Waals surface area contributed by atoms with Crippen LogP contribution in [0.15, 0.2) is 53.6 Å². The predicted octanol–water partition coefficient (Wildman–Crippen LogP) is 1.73. The maximum Gasteiger partial charge on any atom is 0.251 e. The summed E-state index contributed by atoms with van der Waals surface area (Å²) in [7, 11) is -2.03. The number of amides is 1. The number of nitrogens with zero attached hydrogens (tertiary/aromatic N) is 4.